The number of para-hydroxylation sites is 2. The van der Waals surface area contributed by atoms with Gasteiger partial charge >= 0.3 is 0 Å². The van der Waals surface area contributed by atoms with Gasteiger partial charge in [-0.3, -0.25) is 14.5 Å². The highest BCUT2D eigenvalue weighted by molar-refractivity contribution is 6.02. The molecule has 0 radical (unpaired) electrons. The Labute approximate surface area is 252 Å². The van der Waals surface area contributed by atoms with Crippen LogP contribution < -0.4 is 9.64 Å². The summed E-state index contributed by atoms with van der Waals surface area (Å²) in [6.45, 7) is 2.56. The summed E-state index contributed by atoms with van der Waals surface area (Å²) in [7, 11) is 1.64. The number of rotatable bonds is 9. The van der Waals surface area contributed by atoms with Crippen molar-refractivity contribution in [3.05, 3.63) is 138 Å². The summed E-state index contributed by atoms with van der Waals surface area (Å²) < 4.78 is 7.54. The molecule has 1 aliphatic rings. The second-order valence-electron chi connectivity index (χ2n) is 10.8. The van der Waals surface area contributed by atoms with E-state index < -0.39 is 0 Å². The summed E-state index contributed by atoms with van der Waals surface area (Å²) in [5.41, 5.74) is 6.41. The zero-order chi connectivity index (χ0) is 29.8. The van der Waals surface area contributed by atoms with Crippen molar-refractivity contribution in [3.63, 3.8) is 0 Å². The Morgan fingerprint density at radius 3 is 2.14 bits per heavy atom. The van der Waals surface area contributed by atoms with Crippen molar-refractivity contribution < 1.29 is 14.3 Å². The van der Waals surface area contributed by atoms with Gasteiger partial charge in [-0.1, -0.05) is 80.1 Å². The Hall–Kier alpha value is -5.10. The van der Waals surface area contributed by atoms with Gasteiger partial charge in [-0.25, -0.2) is 0 Å². The summed E-state index contributed by atoms with van der Waals surface area (Å²) in [6.07, 6.45) is 3.75. The molecule has 0 spiro atoms. The summed E-state index contributed by atoms with van der Waals surface area (Å²) in [6, 6.07) is 37.2. The first-order valence-electron chi connectivity index (χ1n) is 14.8. The van der Waals surface area contributed by atoms with Gasteiger partial charge in [0.25, 0.3) is 5.91 Å². The van der Waals surface area contributed by atoms with Crippen molar-refractivity contribution in [1.29, 1.82) is 0 Å². The van der Waals surface area contributed by atoms with Crippen LogP contribution in [-0.4, -0.2) is 41.5 Å². The molecule has 1 atom stereocenters. The minimum Gasteiger partial charge on any atom is -0.497 e. The molecule has 6 rings (SSSR count). The lowest BCUT2D eigenvalue weighted by Gasteiger charge is -2.39. The fourth-order valence-corrected chi connectivity index (χ4v) is 5.82. The van der Waals surface area contributed by atoms with E-state index in [9.17, 15) is 9.59 Å². The topological polar surface area (TPSA) is 54.8 Å². The molecule has 2 heterocycles. The number of anilines is 1. The maximum atomic E-state index is 14.4. The molecular formula is C37H35N3O3. The Kier molecular flexibility index (Phi) is 8.09. The SMILES string of the molecule is CCCCN(CC(=O)N1c2ccccc2-n2cccc2C1c1ccc(OC)cc1)C(=O)c1ccc(-c2ccccc2)cc1. The van der Waals surface area contributed by atoms with Crippen LogP contribution in [0.2, 0.25) is 0 Å². The molecule has 5 aromatic rings. The van der Waals surface area contributed by atoms with E-state index in [0.717, 1.165) is 52.4 Å². The summed E-state index contributed by atoms with van der Waals surface area (Å²) in [4.78, 5) is 31.9. The number of unbranched alkanes of at least 4 members (excludes halogenated alkanes) is 1. The van der Waals surface area contributed by atoms with Crippen LogP contribution in [-0.2, 0) is 4.79 Å². The third kappa shape index (κ3) is 5.56. The third-order valence-electron chi connectivity index (χ3n) is 8.05. The molecule has 0 aliphatic carbocycles. The van der Waals surface area contributed by atoms with E-state index >= 15 is 0 Å². The average Bonchev–Trinajstić information content (AvgIpc) is 3.56. The number of benzene rings is 4. The van der Waals surface area contributed by atoms with Gasteiger partial charge in [0.1, 0.15) is 18.3 Å². The molecular weight excluding hydrogens is 534 g/mol. The van der Waals surface area contributed by atoms with Crippen molar-refractivity contribution in [1.82, 2.24) is 9.47 Å². The summed E-state index contributed by atoms with van der Waals surface area (Å²) >= 11 is 0. The van der Waals surface area contributed by atoms with Crippen LogP contribution in [0, 0.1) is 0 Å². The molecule has 1 aromatic heterocycles. The first-order valence-corrected chi connectivity index (χ1v) is 14.8. The van der Waals surface area contributed by atoms with Crippen LogP contribution >= 0.6 is 0 Å². The lowest BCUT2D eigenvalue weighted by Crippen LogP contribution is -2.47. The number of aromatic nitrogens is 1. The predicted octanol–water partition coefficient (Wildman–Crippen LogP) is 7.53. The van der Waals surface area contributed by atoms with E-state index in [1.807, 2.05) is 108 Å². The number of nitrogens with zero attached hydrogens (tertiary/aromatic N) is 3. The average molecular weight is 570 g/mol. The zero-order valence-electron chi connectivity index (χ0n) is 24.5. The Morgan fingerprint density at radius 2 is 1.44 bits per heavy atom. The third-order valence-corrected chi connectivity index (χ3v) is 8.05. The van der Waals surface area contributed by atoms with Crippen LogP contribution in [0.3, 0.4) is 0 Å². The monoisotopic (exact) mass is 569 g/mol. The highest BCUT2D eigenvalue weighted by Crippen LogP contribution is 2.42. The predicted molar refractivity (Wildman–Crippen MR) is 171 cm³/mol. The Bertz CT molecular complexity index is 1710. The van der Waals surface area contributed by atoms with Crippen LogP contribution in [0.4, 0.5) is 5.69 Å². The molecule has 43 heavy (non-hydrogen) atoms. The van der Waals surface area contributed by atoms with E-state index in [4.69, 9.17) is 4.74 Å². The molecule has 1 unspecified atom stereocenters. The Balaban J connectivity index is 1.34. The first kappa shape index (κ1) is 28.0. The van der Waals surface area contributed by atoms with Crippen molar-refractivity contribution in [2.45, 2.75) is 25.8 Å². The number of hydrogen-bond donors (Lipinski definition) is 0. The number of methoxy groups -OCH3 is 1. The highest BCUT2D eigenvalue weighted by atomic mass is 16.5. The normalized spacial score (nSPS) is 13.6. The molecule has 0 saturated carbocycles. The van der Waals surface area contributed by atoms with E-state index in [-0.39, 0.29) is 24.4 Å². The molecule has 1 aliphatic heterocycles. The molecule has 2 amide bonds. The zero-order valence-corrected chi connectivity index (χ0v) is 24.5. The number of amides is 2. The molecule has 0 saturated heterocycles. The van der Waals surface area contributed by atoms with Crippen LogP contribution in [0.1, 0.15) is 47.4 Å². The lowest BCUT2D eigenvalue weighted by molar-refractivity contribution is -0.119. The van der Waals surface area contributed by atoms with Crippen molar-refractivity contribution in [2.24, 2.45) is 0 Å². The van der Waals surface area contributed by atoms with Gasteiger partial charge in [-0.2, -0.15) is 0 Å². The maximum absolute atomic E-state index is 14.4. The molecule has 0 bridgehead atoms. The second-order valence-corrected chi connectivity index (χ2v) is 10.8. The largest absolute Gasteiger partial charge is 0.497 e. The van der Waals surface area contributed by atoms with Crippen molar-refractivity contribution in [3.8, 4) is 22.6 Å². The van der Waals surface area contributed by atoms with Gasteiger partial charge in [0.15, 0.2) is 0 Å². The quantitative estimate of drug-likeness (QED) is 0.184. The van der Waals surface area contributed by atoms with Gasteiger partial charge in [-0.15, -0.1) is 0 Å². The van der Waals surface area contributed by atoms with Crippen molar-refractivity contribution >= 4 is 17.5 Å². The lowest BCUT2D eigenvalue weighted by atomic mass is 9.97. The highest BCUT2D eigenvalue weighted by Gasteiger charge is 2.37. The van der Waals surface area contributed by atoms with Gasteiger partial charge in [-0.05, 0) is 71.6 Å². The fourth-order valence-electron chi connectivity index (χ4n) is 5.82. The van der Waals surface area contributed by atoms with Gasteiger partial charge < -0.3 is 14.2 Å². The van der Waals surface area contributed by atoms with E-state index in [0.29, 0.717) is 12.1 Å². The first-order chi connectivity index (χ1) is 21.1. The molecule has 4 aromatic carbocycles. The van der Waals surface area contributed by atoms with E-state index in [1.54, 1.807) is 12.0 Å². The van der Waals surface area contributed by atoms with Crippen LogP contribution in [0.15, 0.2) is 121 Å². The Morgan fingerprint density at radius 1 is 0.767 bits per heavy atom. The number of hydrogen-bond acceptors (Lipinski definition) is 3. The fraction of sp³-hybridized carbons (Fsp3) is 0.189. The van der Waals surface area contributed by atoms with Gasteiger partial charge in [0.2, 0.25) is 5.91 Å². The van der Waals surface area contributed by atoms with Gasteiger partial charge in [0.05, 0.1) is 24.2 Å². The minimum absolute atomic E-state index is 0.0268. The van der Waals surface area contributed by atoms with Crippen LogP contribution in [0.5, 0.6) is 5.75 Å². The standard InChI is InChI=1S/C37H35N3O3/c1-3-4-24-38(37(42)30-18-16-28(17-19-30)27-11-6-5-7-12-27)26-35(41)40-33-14-9-8-13-32(33)39-25-10-15-34(39)36(40)29-20-22-31(43-2)23-21-29/h5-23,25,36H,3-4,24,26H2,1-2H3. The second kappa shape index (κ2) is 12.4. The summed E-state index contributed by atoms with van der Waals surface area (Å²) in [5.74, 6) is 0.477. The number of carbonyl (C=O) groups excluding carboxylic acids is 2. The molecule has 0 fully saturated rings. The molecule has 0 N–H and O–H groups in total. The number of fused-ring (bicyclic) bond motifs is 3. The van der Waals surface area contributed by atoms with Crippen molar-refractivity contribution in [2.75, 3.05) is 25.1 Å². The van der Waals surface area contributed by atoms with E-state index in [1.165, 1.54) is 0 Å². The molecule has 216 valence electrons. The van der Waals surface area contributed by atoms with Gasteiger partial charge in [0, 0.05) is 18.3 Å². The smallest absolute Gasteiger partial charge is 0.254 e. The molecule has 6 nitrogen and oxygen atoms in total. The molecule has 6 heteroatoms. The maximum Gasteiger partial charge on any atom is 0.254 e. The van der Waals surface area contributed by atoms with E-state index in [2.05, 4.69) is 29.7 Å². The summed E-state index contributed by atoms with van der Waals surface area (Å²) in [5, 5.41) is 0. The number of ether oxygens (including phenoxy) is 1. The van der Waals surface area contributed by atoms with Crippen LogP contribution in [0.25, 0.3) is 16.8 Å². The number of carbonyl (C=O) groups is 2. The minimum atomic E-state index is -0.364.